The van der Waals surface area contributed by atoms with Gasteiger partial charge in [-0.3, -0.25) is 0 Å². The maximum atomic E-state index is 2.32. The van der Waals surface area contributed by atoms with Crippen molar-refractivity contribution >= 4 is 0 Å². The Morgan fingerprint density at radius 2 is 1.44 bits per heavy atom. The first-order chi connectivity index (χ1) is 7.27. The molecule has 1 aliphatic carbocycles. The van der Waals surface area contributed by atoms with Crippen LogP contribution >= 0.6 is 0 Å². The largest absolute Gasteiger partial charge is 1.00 e. The monoisotopic (exact) mass is 332 g/mol. The third-order valence-electron chi connectivity index (χ3n) is 3.08. The maximum Gasteiger partial charge on any atom is -1.00 e. The minimum Gasteiger partial charge on any atom is -1.00 e. The van der Waals surface area contributed by atoms with Gasteiger partial charge in [0.15, 0.2) is 0 Å². The molecule has 1 atom stereocenters. The second kappa shape index (κ2) is 6.98. The van der Waals surface area contributed by atoms with Gasteiger partial charge in [0.25, 0.3) is 0 Å². The zero-order valence-corrected chi connectivity index (χ0v) is 13.6. The first-order valence-corrected chi connectivity index (χ1v) is 6.08. The van der Waals surface area contributed by atoms with Crippen LogP contribution in [0.2, 0.25) is 0 Å². The average Bonchev–Trinajstić information content (AvgIpc) is 2.54. The van der Waals surface area contributed by atoms with E-state index in [1.807, 2.05) is 0 Å². The number of hydrogen-bond acceptors (Lipinski definition) is 0. The zero-order chi connectivity index (χ0) is 10.4. The molecule has 0 nitrogen and oxygen atoms in total. The van der Waals surface area contributed by atoms with Gasteiger partial charge in [0.1, 0.15) is 0 Å². The van der Waals surface area contributed by atoms with Crippen molar-refractivity contribution in [3.63, 3.8) is 0 Å². The summed E-state index contributed by atoms with van der Waals surface area (Å²) in [5, 5.41) is 0. The molecule has 18 heavy (non-hydrogen) atoms. The summed E-state index contributed by atoms with van der Waals surface area (Å²) in [4.78, 5) is 0. The number of halogens is 3. The molecule has 0 aliphatic heterocycles. The van der Waals surface area contributed by atoms with Gasteiger partial charge in [-0.15, -0.1) is 0 Å². The van der Waals surface area contributed by atoms with Crippen molar-refractivity contribution in [3.8, 4) is 11.1 Å². The van der Waals surface area contributed by atoms with Gasteiger partial charge in [-0.1, -0.05) is 0 Å². The molecule has 92 valence electrons. The van der Waals surface area contributed by atoms with E-state index in [4.69, 9.17) is 0 Å². The molecule has 0 amide bonds. The van der Waals surface area contributed by atoms with Crippen LogP contribution in [0.25, 0.3) is 11.1 Å². The molecular formula is C14H11Cl3Ti. The van der Waals surface area contributed by atoms with Crippen LogP contribution in [0.15, 0.2) is 42.5 Å². The number of benzene rings is 2. The minimum atomic E-state index is 0. The van der Waals surface area contributed by atoms with Crippen LogP contribution in [-0.2, 0) is 20.4 Å². The summed E-state index contributed by atoms with van der Waals surface area (Å²) in [5.74, 6) is 0. The number of hydrogen-bond donors (Lipinski definition) is 0. The molecule has 0 aromatic heterocycles. The van der Waals surface area contributed by atoms with E-state index < -0.39 is 0 Å². The molecule has 0 saturated carbocycles. The van der Waals surface area contributed by atoms with E-state index in [-0.39, 0.29) is 37.2 Å². The third kappa shape index (κ3) is 2.79. The molecule has 1 unspecified atom stereocenters. The molecule has 2 aromatic carbocycles. The first kappa shape index (κ1) is 18.0. The molecule has 0 fully saturated rings. The van der Waals surface area contributed by atoms with Gasteiger partial charge >= 0.3 is 102 Å². The van der Waals surface area contributed by atoms with Crippen LogP contribution in [0.4, 0.5) is 0 Å². The summed E-state index contributed by atoms with van der Waals surface area (Å²) in [7, 11) is 0. The third-order valence-corrected chi connectivity index (χ3v) is 4.05. The van der Waals surface area contributed by atoms with Crippen LogP contribution in [0.5, 0.6) is 0 Å². The second-order valence-corrected chi connectivity index (χ2v) is 5.01. The fourth-order valence-electron chi connectivity index (χ4n) is 2.33. The molecule has 4 heteroatoms. The molecular weight excluding hydrogens is 322 g/mol. The van der Waals surface area contributed by atoms with Gasteiger partial charge < -0.3 is 37.2 Å². The Bertz CT molecular complexity index is 540. The smallest absolute Gasteiger partial charge is 1.00 e. The summed E-state index contributed by atoms with van der Waals surface area (Å²) in [6.07, 6.45) is 0. The Morgan fingerprint density at radius 3 is 2.17 bits per heavy atom. The van der Waals surface area contributed by atoms with Crippen molar-refractivity contribution in [3.05, 3.63) is 59.2 Å². The van der Waals surface area contributed by atoms with Crippen molar-refractivity contribution in [2.24, 2.45) is 0 Å². The Balaban J connectivity index is 0.000000963. The summed E-state index contributed by atoms with van der Waals surface area (Å²) >= 11 is 2.30. The topological polar surface area (TPSA) is 0 Å². The fourth-order valence-corrected chi connectivity index (χ4v) is 3.09. The second-order valence-electron chi connectivity index (χ2n) is 4.11. The summed E-state index contributed by atoms with van der Waals surface area (Å²) in [6, 6.07) is 15.5. The quantitative estimate of drug-likeness (QED) is 0.423. The Morgan fingerprint density at radius 1 is 0.833 bits per heavy atom. The Hall–Kier alpha value is 0.0243. The molecule has 1 aliphatic rings. The van der Waals surface area contributed by atoms with E-state index in [9.17, 15) is 0 Å². The van der Waals surface area contributed by atoms with Crippen molar-refractivity contribution in [1.29, 1.82) is 0 Å². The zero-order valence-electron chi connectivity index (χ0n) is 9.75. The van der Waals surface area contributed by atoms with E-state index >= 15 is 0 Å². The van der Waals surface area contributed by atoms with Crippen molar-refractivity contribution in [1.82, 2.24) is 0 Å². The van der Waals surface area contributed by atoms with Crippen LogP contribution < -0.4 is 37.2 Å². The van der Waals surface area contributed by atoms with Crippen molar-refractivity contribution in [2.45, 2.75) is 11.1 Å². The molecule has 3 rings (SSSR count). The summed E-state index contributed by atoms with van der Waals surface area (Å²) in [6.45, 7) is 2.16. The van der Waals surface area contributed by atoms with Crippen LogP contribution in [-0.4, -0.2) is 0 Å². The predicted molar refractivity (Wildman–Crippen MR) is 58.5 cm³/mol. The van der Waals surface area contributed by atoms with Crippen molar-refractivity contribution < 1.29 is 57.7 Å². The normalized spacial score (nSPS) is 14.5. The molecule has 0 spiro atoms. The molecule has 0 bridgehead atoms. The Labute approximate surface area is 138 Å². The van der Waals surface area contributed by atoms with E-state index in [0.29, 0.717) is 4.22 Å². The van der Waals surface area contributed by atoms with Gasteiger partial charge in [0, 0.05) is 0 Å². The minimum absolute atomic E-state index is 0. The van der Waals surface area contributed by atoms with Gasteiger partial charge in [-0.25, -0.2) is 0 Å². The number of rotatable bonds is 0. The molecule has 0 N–H and O–H groups in total. The molecule has 0 heterocycles. The maximum absolute atomic E-state index is 2.32. The van der Waals surface area contributed by atoms with Crippen LogP contribution in [0, 0.1) is 6.92 Å². The SMILES string of the molecule is Cc1ccc2c(c1)[CH]([Ti+3])c1ccccc1-2.[Cl-].[Cl-].[Cl-]. The molecule has 0 saturated heterocycles. The molecule has 0 radical (unpaired) electrons. The van der Waals surface area contributed by atoms with E-state index in [1.54, 1.807) is 0 Å². The van der Waals surface area contributed by atoms with E-state index in [0.717, 1.165) is 0 Å². The van der Waals surface area contributed by atoms with Crippen LogP contribution in [0.1, 0.15) is 20.9 Å². The van der Waals surface area contributed by atoms with Gasteiger partial charge in [0.05, 0.1) is 0 Å². The van der Waals surface area contributed by atoms with Gasteiger partial charge in [0.2, 0.25) is 0 Å². The van der Waals surface area contributed by atoms with Crippen LogP contribution in [0.3, 0.4) is 0 Å². The molecule has 2 aromatic rings. The van der Waals surface area contributed by atoms with E-state index in [2.05, 4.69) is 69.8 Å². The summed E-state index contributed by atoms with van der Waals surface area (Å²) < 4.78 is 0.552. The van der Waals surface area contributed by atoms with Crippen molar-refractivity contribution in [2.75, 3.05) is 0 Å². The van der Waals surface area contributed by atoms with Gasteiger partial charge in [-0.05, 0) is 0 Å². The Kier molecular flexibility index (Phi) is 6.99. The predicted octanol–water partition coefficient (Wildman–Crippen LogP) is -5.38. The average molecular weight is 333 g/mol. The van der Waals surface area contributed by atoms with E-state index in [1.165, 1.54) is 27.8 Å². The number of fused-ring (bicyclic) bond motifs is 3. The number of aryl methyl sites for hydroxylation is 1. The summed E-state index contributed by atoms with van der Waals surface area (Å²) in [5.41, 5.74) is 7.14. The van der Waals surface area contributed by atoms with Gasteiger partial charge in [-0.2, -0.15) is 0 Å². The standard InChI is InChI=1S/C14H11.3ClH.Ti/c1-10-6-7-14-12(8-10)9-11-4-2-3-5-13(11)14;;;;/h2-9H,1H3;3*1H;/q;;;;+3/p-3. The first-order valence-electron chi connectivity index (χ1n) is 5.18. The fraction of sp³-hybridized carbons (Fsp3) is 0.143.